The molecule has 0 aromatic heterocycles. The van der Waals surface area contributed by atoms with Crippen molar-refractivity contribution in [1.82, 2.24) is 5.32 Å². The van der Waals surface area contributed by atoms with E-state index in [1.54, 1.807) is 11.8 Å². The van der Waals surface area contributed by atoms with Crippen LogP contribution in [0.1, 0.15) is 25.7 Å². The van der Waals surface area contributed by atoms with Crippen molar-refractivity contribution in [3.63, 3.8) is 0 Å². The molecule has 1 aromatic rings. The minimum absolute atomic E-state index is 0.0257. The number of rotatable bonds is 8. The molecule has 0 unspecified atom stereocenters. The zero-order valence-corrected chi connectivity index (χ0v) is 13.2. The fourth-order valence-corrected chi connectivity index (χ4v) is 4.00. The Balaban J connectivity index is 1.87. The highest BCUT2D eigenvalue weighted by Crippen LogP contribution is 2.45. The third-order valence-electron chi connectivity index (χ3n) is 3.64. The number of benzene rings is 1. The Morgan fingerprint density at radius 3 is 2.55 bits per heavy atom. The summed E-state index contributed by atoms with van der Waals surface area (Å²) < 4.78 is 4.53. The summed E-state index contributed by atoms with van der Waals surface area (Å²) in [7, 11) is 0. The fraction of sp³-hybridized carbons (Fsp3) is 0.500. The van der Waals surface area contributed by atoms with Crippen LogP contribution in [0.15, 0.2) is 35.2 Å². The standard InChI is InChI=1S/C16H21NO4S/c18-14(19)12-21-11-10-17-15(20)16(8-4-5-9-16)22-13-6-2-1-3-7-13/h1-3,6-7H,4-5,8-12H2,(H,17,20)(H,18,19). The molecule has 2 rings (SSSR count). The van der Waals surface area contributed by atoms with Crippen LogP contribution in [0.5, 0.6) is 0 Å². The monoisotopic (exact) mass is 323 g/mol. The van der Waals surface area contributed by atoms with Gasteiger partial charge in [-0.25, -0.2) is 4.79 Å². The molecule has 1 aromatic carbocycles. The Morgan fingerprint density at radius 1 is 1.23 bits per heavy atom. The molecule has 0 spiro atoms. The zero-order chi connectivity index (χ0) is 15.8. The molecule has 0 bridgehead atoms. The predicted octanol–water partition coefficient (Wildman–Crippen LogP) is 2.31. The predicted molar refractivity (Wildman–Crippen MR) is 85.0 cm³/mol. The van der Waals surface area contributed by atoms with Gasteiger partial charge in [-0.1, -0.05) is 31.0 Å². The van der Waals surface area contributed by atoms with E-state index in [-0.39, 0.29) is 19.1 Å². The first kappa shape index (κ1) is 16.8. The molecule has 1 amide bonds. The number of nitrogens with one attached hydrogen (secondary N) is 1. The van der Waals surface area contributed by atoms with Gasteiger partial charge in [-0.05, 0) is 25.0 Å². The highest BCUT2D eigenvalue weighted by atomic mass is 32.2. The summed E-state index contributed by atoms with van der Waals surface area (Å²) in [4.78, 5) is 24.0. The van der Waals surface area contributed by atoms with Crippen molar-refractivity contribution < 1.29 is 19.4 Å². The van der Waals surface area contributed by atoms with Crippen LogP contribution in [0.2, 0.25) is 0 Å². The lowest BCUT2D eigenvalue weighted by atomic mass is 10.1. The molecule has 120 valence electrons. The summed E-state index contributed by atoms with van der Waals surface area (Å²) in [5, 5.41) is 11.4. The van der Waals surface area contributed by atoms with E-state index in [0.717, 1.165) is 30.6 Å². The highest BCUT2D eigenvalue weighted by Gasteiger charge is 2.41. The van der Waals surface area contributed by atoms with Crippen LogP contribution in [0.25, 0.3) is 0 Å². The lowest BCUT2D eigenvalue weighted by Crippen LogP contribution is -2.43. The van der Waals surface area contributed by atoms with Crippen LogP contribution < -0.4 is 5.32 Å². The number of carboxylic acids is 1. The average molecular weight is 323 g/mol. The molecule has 0 saturated heterocycles. The molecule has 0 aliphatic heterocycles. The molecule has 1 fully saturated rings. The Morgan fingerprint density at radius 2 is 1.91 bits per heavy atom. The highest BCUT2D eigenvalue weighted by molar-refractivity contribution is 8.01. The molecular weight excluding hydrogens is 302 g/mol. The number of carbonyl (C=O) groups excluding carboxylic acids is 1. The minimum atomic E-state index is -1.00. The summed E-state index contributed by atoms with van der Waals surface area (Å²) in [6, 6.07) is 9.96. The van der Waals surface area contributed by atoms with Gasteiger partial charge in [-0.15, -0.1) is 11.8 Å². The quantitative estimate of drug-likeness (QED) is 0.718. The normalized spacial score (nSPS) is 16.4. The molecule has 1 saturated carbocycles. The number of hydrogen-bond acceptors (Lipinski definition) is 4. The van der Waals surface area contributed by atoms with Crippen molar-refractivity contribution in [1.29, 1.82) is 0 Å². The maximum atomic E-state index is 12.6. The Hall–Kier alpha value is -1.53. The van der Waals surface area contributed by atoms with Gasteiger partial charge in [0.2, 0.25) is 5.91 Å². The molecule has 0 radical (unpaired) electrons. The number of amides is 1. The van der Waals surface area contributed by atoms with Crippen molar-refractivity contribution in [2.45, 2.75) is 35.3 Å². The van der Waals surface area contributed by atoms with Crippen molar-refractivity contribution in [3.05, 3.63) is 30.3 Å². The SMILES string of the molecule is O=C(O)COCCNC(=O)C1(Sc2ccccc2)CCCC1. The molecule has 22 heavy (non-hydrogen) atoms. The molecule has 1 aliphatic rings. The van der Waals surface area contributed by atoms with Gasteiger partial charge in [0, 0.05) is 11.4 Å². The van der Waals surface area contributed by atoms with Gasteiger partial charge in [0.1, 0.15) is 6.61 Å². The van der Waals surface area contributed by atoms with E-state index in [9.17, 15) is 9.59 Å². The topological polar surface area (TPSA) is 75.6 Å². The number of thioether (sulfide) groups is 1. The number of carbonyl (C=O) groups is 2. The summed E-state index contributed by atoms with van der Waals surface area (Å²) >= 11 is 1.63. The first-order valence-corrected chi connectivity index (χ1v) is 8.26. The van der Waals surface area contributed by atoms with E-state index in [4.69, 9.17) is 9.84 Å². The maximum absolute atomic E-state index is 12.6. The number of aliphatic carboxylic acids is 1. The van der Waals surface area contributed by atoms with Crippen molar-refractivity contribution >= 4 is 23.6 Å². The van der Waals surface area contributed by atoms with Crippen LogP contribution in [-0.4, -0.2) is 41.5 Å². The van der Waals surface area contributed by atoms with Gasteiger partial charge in [0.25, 0.3) is 0 Å². The second kappa shape index (κ2) is 8.19. The van der Waals surface area contributed by atoms with Gasteiger partial charge in [0.05, 0.1) is 11.4 Å². The van der Waals surface area contributed by atoms with Crippen LogP contribution in [-0.2, 0) is 14.3 Å². The third-order valence-corrected chi connectivity index (χ3v) is 5.13. The van der Waals surface area contributed by atoms with Gasteiger partial charge in [-0.2, -0.15) is 0 Å². The second-order valence-electron chi connectivity index (χ2n) is 5.32. The third kappa shape index (κ3) is 4.74. The largest absolute Gasteiger partial charge is 0.480 e. The lowest BCUT2D eigenvalue weighted by Gasteiger charge is -2.27. The second-order valence-corrected chi connectivity index (χ2v) is 6.78. The zero-order valence-electron chi connectivity index (χ0n) is 12.4. The average Bonchev–Trinajstić information content (AvgIpc) is 2.97. The van der Waals surface area contributed by atoms with Gasteiger partial charge < -0.3 is 15.2 Å². The van der Waals surface area contributed by atoms with Crippen LogP contribution in [0.4, 0.5) is 0 Å². The Labute approximate surface area is 134 Å². The van der Waals surface area contributed by atoms with Gasteiger partial charge >= 0.3 is 5.97 Å². The van der Waals surface area contributed by atoms with Crippen molar-refractivity contribution in [2.24, 2.45) is 0 Å². The summed E-state index contributed by atoms with van der Waals surface area (Å²) in [5.74, 6) is -0.976. The fourth-order valence-electron chi connectivity index (χ4n) is 2.59. The van der Waals surface area contributed by atoms with Gasteiger partial charge in [-0.3, -0.25) is 4.79 Å². The van der Waals surface area contributed by atoms with Crippen LogP contribution in [0, 0.1) is 0 Å². The first-order chi connectivity index (χ1) is 10.6. The molecule has 0 atom stereocenters. The smallest absolute Gasteiger partial charge is 0.329 e. The molecule has 5 nitrogen and oxygen atoms in total. The molecule has 1 aliphatic carbocycles. The first-order valence-electron chi connectivity index (χ1n) is 7.44. The van der Waals surface area contributed by atoms with Crippen molar-refractivity contribution in [2.75, 3.05) is 19.8 Å². The Bertz CT molecular complexity index is 500. The van der Waals surface area contributed by atoms with E-state index >= 15 is 0 Å². The minimum Gasteiger partial charge on any atom is -0.480 e. The van der Waals surface area contributed by atoms with E-state index in [1.807, 2.05) is 30.3 Å². The number of ether oxygens (including phenoxy) is 1. The van der Waals surface area contributed by atoms with Crippen molar-refractivity contribution in [3.8, 4) is 0 Å². The summed E-state index contributed by atoms with van der Waals surface area (Å²) in [5.41, 5.74) is 0. The van der Waals surface area contributed by atoms with Crippen LogP contribution >= 0.6 is 11.8 Å². The van der Waals surface area contributed by atoms with E-state index in [1.165, 1.54) is 0 Å². The van der Waals surface area contributed by atoms with Gasteiger partial charge in [0.15, 0.2) is 0 Å². The molecule has 0 heterocycles. The van der Waals surface area contributed by atoms with Crippen LogP contribution in [0.3, 0.4) is 0 Å². The maximum Gasteiger partial charge on any atom is 0.329 e. The Kier molecular flexibility index (Phi) is 6.27. The molecular formula is C16H21NO4S. The number of hydrogen-bond donors (Lipinski definition) is 2. The summed E-state index contributed by atoms with van der Waals surface area (Å²) in [6.07, 6.45) is 3.86. The van der Waals surface area contributed by atoms with E-state index < -0.39 is 10.7 Å². The number of carboxylic acid groups (broad SMARTS) is 1. The lowest BCUT2D eigenvalue weighted by molar-refractivity contribution is -0.142. The van der Waals surface area contributed by atoms with E-state index in [0.29, 0.717) is 6.54 Å². The molecule has 2 N–H and O–H groups in total. The molecule has 6 heteroatoms. The summed E-state index contributed by atoms with van der Waals surface area (Å²) in [6.45, 7) is 0.215. The van der Waals surface area contributed by atoms with E-state index in [2.05, 4.69) is 5.32 Å².